The van der Waals surface area contributed by atoms with E-state index in [1.54, 1.807) is 18.2 Å². The van der Waals surface area contributed by atoms with E-state index in [9.17, 15) is 23.1 Å². The van der Waals surface area contributed by atoms with Crippen molar-refractivity contribution in [2.24, 2.45) is 5.92 Å². The van der Waals surface area contributed by atoms with Crippen LogP contribution in [0.1, 0.15) is 40.2 Å². The number of aryl methyl sites for hydroxylation is 1. The third-order valence-electron chi connectivity index (χ3n) is 7.02. The molecule has 194 valence electrons. The minimum absolute atomic E-state index is 0.0527. The summed E-state index contributed by atoms with van der Waals surface area (Å²) in [4.78, 5) is 20.8. The van der Waals surface area contributed by atoms with Gasteiger partial charge in [-0.05, 0) is 72.7 Å². The standard InChI is InChI=1S/C27H26F3N3O4/c1-16-2-3-20(32-25(35)17-4-6-31-23(10-17)27(28,29)30)13-21(16)18-11-22(33-24(12-18)37-9-7-34)26-5-8-36-15-19(26)14-26/h2-4,6,10-13,19,34H,5,7-9,14-15H2,1H3,(H,32,35)/t19?,26-/m1/s1. The van der Waals surface area contributed by atoms with Gasteiger partial charge in [-0.2, -0.15) is 13.2 Å². The normalized spacial score (nSPS) is 20.7. The van der Waals surface area contributed by atoms with Crippen LogP contribution in [0.4, 0.5) is 18.9 Å². The van der Waals surface area contributed by atoms with Gasteiger partial charge < -0.3 is 19.9 Å². The van der Waals surface area contributed by atoms with Gasteiger partial charge in [-0.1, -0.05) is 6.07 Å². The summed E-state index contributed by atoms with van der Waals surface area (Å²) in [5.74, 6) is 0.133. The maximum atomic E-state index is 13.0. The van der Waals surface area contributed by atoms with Gasteiger partial charge in [-0.3, -0.25) is 9.78 Å². The number of benzene rings is 1. The van der Waals surface area contributed by atoms with E-state index < -0.39 is 17.8 Å². The molecule has 2 aliphatic rings. The molecule has 37 heavy (non-hydrogen) atoms. The highest BCUT2D eigenvalue weighted by atomic mass is 19.4. The quantitative estimate of drug-likeness (QED) is 0.473. The van der Waals surface area contributed by atoms with Crippen molar-refractivity contribution in [3.8, 4) is 17.0 Å². The lowest BCUT2D eigenvalue weighted by molar-refractivity contribution is -0.141. The number of pyridine rings is 2. The molecule has 2 aromatic heterocycles. The highest BCUT2D eigenvalue weighted by Crippen LogP contribution is 2.58. The Labute approximate surface area is 211 Å². The Morgan fingerprint density at radius 3 is 2.84 bits per heavy atom. The monoisotopic (exact) mass is 513 g/mol. The summed E-state index contributed by atoms with van der Waals surface area (Å²) in [6.45, 7) is 3.26. The van der Waals surface area contributed by atoms with Crippen LogP contribution in [0.3, 0.4) is 0 Å². The van der Waals surface area contributed by atoms with Crippen LogP contribution in [-0.2, 0) is 16.3 Å². The van der Waals surface area contributed by atoms with Crippen LogP contribution < -0.4 is 10.1 Å². The van der Waals surface area contributed by atoms with Gasteiger partial charge in [0.1, 0.15) is 12.3 Å². The number of rotatable bonds is 7. The minimum Gasteiger partial charge on any atom is -0.475 e. The second-order valence-electron chi connectivity index (χ2n) is 9.44. The predicted molar refractivity (Wildman–Crippen MR) is 129 cm³/mol. The lowest BCUT2D eigenvalue weighted by atomic mass is 9.90. The van der Waals surface area contributed by atoms with Crippen molar-refractivity contribution in [3.05, 3.63) is 71.2 Å². The fourth-order valence-corrected chi connectivity index (χ4v) is 4.91. The van der Waals surface area contributed by atoms with Gasteiger partial charge >= 0.3 is 6.18 Å². The summed E-state index contributed by atoms with van der Waals surface area (Å²) < 4.78 is 50.4. The number of alkyl halides is 3. The van der Waals surface area contributed by atoms with Gasteiger partial charge in [-0.25, -0.2) is 4.98 Å². The van der Waals surface area contributed by atoms with Gasteiger partial charge in [0.25, 0.3) is 5.91 Å². The second kappa shape index (κ2) is 9.75. The molecule has 1 aliphatic carbocycles. The molecule has 0 bridgehead atoms. The Bertz CT molecular complexity index is 1330. The van der Waals surface area contributed by atoms with E-state index in [-0.39, 0.29) is 24.2 Å². The largest absolute Gasteiger partial charge is 0.475 e. The van der Waals surface area contributed by atoms with Crippen molar-refractivity contribution in [1.82, 2.24) is 9.97 Å². The molecular weight excluding hydrogens is 487 g/mol. The molecule has 3 heterocycles. The number of fused-ring (bicyclic) bond motifs is 1. The molecule has 1 aromatic carbocycles. The molecule has 10 heteroatoms. The van der Waals surface area contributed by atoms with Crippen molar-refractivity contribution in [2.45, 2.75) is 31.4 Å². The van der Waals surface area contributed by atoms with Gasteiger partial charge in [-0.15, -0.1) is 0 Å². The second-order valence-corrected chi connectivity index (χ2v) is 9.44. The van der Waals surface area contributed by atoms with Crippen molar-refractivity contribution >= 4 is 11.6 Å². The molecule has 3 aromatic rings. The summed E-state index contributed by atoms with van der Waals surface area (Å²) in [6, 6.07) is 11.1. The summed E-state index contributed by atoms with van der Waals surface area (Å²) in [5, 5.41) is 11.9. The number of carbonyl (C=O) groups excluding carboxylic acids is 1. The number of aliphatic hydroxyl groups excluding tert-OH is 1. The Morgan fingerprint density at radius 2 is 2.08 bits per heavy atom. The number of amides is 1. The molecule has 7 nitrogen and oxygen atoms in total. The summed E-state index contributed by atoms with van der Waals surface area (Å²) in [7, 11) is 0. The van der Waals surface area contributed by atoms with Crippen LogP contribution >= 0.6 is 0 Å². The van der Waals surface area contributed by atoms with Gasteiger partial charge in [0.15, 0.2) is 0 Å². The Morgan fingerprint density at radius 1 is 1.24 bits per heavy atom. The topological polar surface area (TPSA) is 93.6 Å². The third kappa shape index (κ3) is 5.17. The lowest BCUT2D eigenvalue weighted by Gasteiger charge is -2.23. The van der Waals surface area contributed by atoms with Crippen LogP contribution in [0.5, 0.6) is 5.88 Å². The number of halogens is 3. The van der Waals surface area contributed by atoms with Crippen LogP contribution in [0.25, 0.3) is 11.1 Å². The number of nitrogens with zero attached hydrogens (tertiary/aromatic N) is 2. The molecule has 2 atom stereocenters. The third-order valence-corrected chi connectivity index (χ3v) is 7.02. The maximum Gasteiger partial charge on any atom is 0.433 e. The maximum absolute atomic E-state index is 13.0. The number of ether oxygens (including phenoxy) is 2. The zero-order valence-electron chi connectivity index (χ0n) is 20.1. The van der Waals surface area contributed by atoms with Crippen LogP contribution in [0.15, 0.2) is 48.7 Å². The van der Waals surface area contributed by atoms with E-state index in [0.717, 1.165) is 47.5 Å². The first kappa shape index (κ1) is 25.2. The number of anilines is 1. The van der Waals surface area contributed by atoms with E-state index in [0.29, 0.717) is 30.7 Å². The van der Waals surface area contributed by atoms with E-state index in [2.05, 4.69) is 10.3 Å². The van der Waals surface area contributed by atoms with Crippen LogP contribution in [0, 0.1) is 12.8 Å². The van der Waals surface area contributed by atoms with E-state index in [4.69, 9.17) is 14.5 Å². The fraction of sp³-hybridized carbons (Fsp3) is 0.370. The van der Waals surface area contributed by atoms with Crippen molar-refractivity contribution in [1.29, 1.82) is 0 Å². The molecule has 2 fully saturated rings. The average Bonchev–Trinajstić information content (AvgIpc) is 3.64. The molecule has 5 rings (SSSR count). The number of hydrogen-bond donors (Lipinski definition) is 2. The number of aliphatic hydroxyl groups is 1. The molecule has 1 aliphatic heterocycles. The van der Waals surface area contributed by atoms with Crippen LogP contribution in [-0.4, -0.2) is 47.4 Å². The summed E-state index contributed by atoms with van der Waals surface area (Å²) >= 11 is 0. The van der Waals surface area contributed by atoms with Crippen molar-refractivity contribution < 1.29 is 32.5 Å². The Balaban J connectivity index is 1.46. The minimum atomic E-state index is -4.65. The zero-order valence-corrected chi connectivity index (χ0v) is 20.1. The highest BCUT2D eigenvalue weighted by molar-refractivity contribution is 6.04. The molecule has 2 N–H and O–H groups in total. The lowest BCUT2D eigenvalue weighted by Crippen LogP contribution is -2.23. The molecule has 0 spiro atoms. The fourth-order valence-electron chi connectivity index (χ4n) is 4.91. The first-order valence-corrected chi connectivity index (χ1v) is 12.0. The SMILES string of the molecule is Cc1ccc(NC(=O)c2ccnc(C(F)(F)F)c2)cc1-c1cc(OCCO)nc([C@@]23CCOCC2C3)c1. The summed E-state index contributed by atoms with van der Waals surface area (Å²) in [6.07, 6.45) is -1.82. The molecule has 1 saturated heterocycles. The first-order chi connectivity index (χ1) is 17.7. The molecule has 1 unspecified atom stereocenters. The zero-order chi connectivity index (χ0) is 26.2. The van der Waals surface area contributed by atoms with Crippen LogP contribution in [0.2, 0.25) is 0 Å². The molecule has 1 amide bonds. The number of nitrogens with one attached hydrogen (secondary N) is 1. The highest BCUT2D eigenvalue weighted by Gasteiger charge is 2.57. The van der Waals surface area contributed by atoms with Crippen molar-refractivity contribution in [2.75, 3.05) is 31.7 Å². The first-order valence-electron chi connectivity index (χ1n) is 12.0. The smallest absolute Gasteiger partial charge is 0.433 e. The van der Waals surface area contributed by atoms with E-state index in [1.807, 2.05) is 19.1 Å². The Hall–Kier alpha value is -3.50. The molecule has 0 radical (unpaired) electrons. The van der Waals surface area contributed by atoms with E-state index >= 15 is 0 Å². The van der Waals surface area contributed by atoms with Gasteiger partial charge in [0, 0.05) is 35.5 Å². The molecular formula is C27H26F3N3O4. The number of hydrogen-bond acceptors (Lipinski definition) is 6. The average molecular weight is 514 g/mol. The van der Waals surface area contributed by atoms with E-state index in [1.165, 1.54) is 6.07 Å². The Kier molecular flexibility index (Phi) is 6.63. The molecule has 1 saturated carbocycles. The van der Waals surface area contributed by atoms with Gasteiger partial charge in [0.05, 0.1) is 18.9 Å². The van der Waals surface area contributed by atoms with Crippen molar-refractivity contribution in [3.63, 3.8) is 0 Å². The number of aromatic nitrogens is 2. The number of carbonyl (C=O) groups is 1. The predicted octanol–water partition coefficient (Wildman–Crippen LogP) is 4.77. The van der Waals surface area contributed by atoms with Gasteiger partial charge in [0.2, 0.25) is 5.88 Å². The summed E-state index contributed by atoms with van der Waals surface area (Å²) in [5.41, 5.74) is 2.61.